The van der Waals surface area contributed by atoms with Crippen molar-refractivity contribution < 1.29 is 4.79 Å². The zero-order valence-corrected chi connectivity index (χ0v) is 11.6. The van der Waals surface area contributed by atoms with Crippen LogP contribution >= 0.6 is 0 Å². The van der Waals surface area contributed by atoms with Crippen LogP contribution < -0.4 is 10.2 Å². The van der Waals surface area contributed by atoms with Crippen LogP contribution in [0.25, 0.3) is 0 Å². The van der Waals surface area contributed by atoms with Gasteiger partial charge in [-0.05, 0) is 43.2 Å². The van der Waals surface area contributed by atoms with Gasteiger partial charge in [0.2, 0.25) is 5.91 Å². The average Bonchev–Trinajstić information content (AvgIpc) is 2.45. The number of nitrogens with zero attached hydrogens (tertiary/aromatic N) is 1. The molecule has 3 rings (SSSR count). The first kappa shape index (κ1) is 12.7. The third-order valence-corrected chi connectivity index (χ3v) is 3.57. The fourth-order valence-electron chi connectivity index (χ4n) is 2.58. The topological polar surface area (TPSA) is 32.3 Å². The Morgan fingerprint density at radius 1 is 1.10 bits per heavy atom. The van der Waals surface area contributed by atoms with E-state index in [1.54, 1.807) is 0 Å². The van der Waals surface area contributed by atoms with Gasteiger partial charge in [0.25, 0.3) is 0 Å². The summed E-state index contributed by atoms with van der Waals surface area (Å²) in [6.07, 6.45) is 1.42. The molecule has 0 spiro atoms. The van der Waals surface area contributed by atoms with Gasteiger partial charge in [0.1, 0.15) is 0 Å². The van der Waals surface area contributed by atoms with Crippen molar-refractivity contribution in [1.82, 2.24) is 0 Å². The molecular formula is C17H18N2O. The predicted molar refractivity (Wildman–Crippen MR) is 82.5 cm³/mol. The normalized spacial score (nSPS) is 15.1. The molecule has 2 aromatic carbocycles. The predicted octanol–water partition coefficient (Wildman–Crippen LogP) is 3.87. The lowest BCUT2D eigenvalue weighted by atomic mass is 10.1. The quantitative estimate of drug-likeness (QED) is 0.850. The molecule has 102 valence electrons. The zero-order valence-electron chi connectivity index (χ0n) is 11.6. The monoisotopic (exact) mass is 266 g/mol. The molecule has 0 aliphatic carbocycles. The third-order valence-electron chi connectivity index (χ3n) is 3.57. The van der Waals surface area contributed by atoms with Crippen LogP contribution in [0.4, 0.5) is 17.1 Å². The van der Waals surface area contributed by atoms with Crippen molar-refractivity contribution in [3.63, 3.8) is 0 Å². The molecule has 3 heteroatoms. The maximum atomic E-state index is 11.8. The van der Waals surface area contributed by atoms with Gasteiger partial charge in [-0.1, -0.05) is 24.3 Å². The molecule has 0 bridgehead atoms. The van der Waals surface area contributed by atoms with Crippen LogP contribution in [0.2, 0.25) is 0 Å². The van der Waals surface area contributed by atoms with Crippen molar-refractivity contribution in [2.45, 2.75) is 19.8 Å². The summed E-state index contributed by atoms with van der Waals surface area (Å²) in [5, 5.41) is 3.01. The summed E-state index contributed by atoms with van der Waals surface area (Å²) in [5.41, 5.74) is 4.32. The van der Waals surface area contributed by atoms with Crippen LogP contribution in [0.15, 0.2) is 48.5 Å². The Kier molecular flexibility index (Phi) is 3.42. The largest absolute Gasteiger partial charge is 0.340 e. The number of hydrogen-bond donors (Lipinski definition) is 1. The molecule has 0 radical (unpaired) electrons. The van der Waals surface area contributed by atoms with Crippen LogP contribution in [0, 0.1) is 6.92 Å². The first-order valence-corrected chi connectivity index (χ1v) is 6.97. The van der Waals surface area contributed by atoms with Crippen molar-refractivity contribution >= 4 is 23.0 Å². The summed E-state index contributed by atoms with van der Waals surface area (Å²) in [7, 11) is 0. The van der Waals surface area contributed by atoms with Gasteiger partial charge in [-0.2, -0.15) is 0 Å². The lowest BCUT2D eigenvalue weighted by Gasteiger charge is -2.29. The molecule has 2 aromatic rings. The molecule has 0 unspecified atom stereocenters. The fourth-order valence-corrected chi connectivity index (χ4v) is 2.58. The molecule has 1 N–H and O–H groups in total. The van der Waals surface area contributed by atoms with E-state index in [9.17, 15) is 4.79 Å². The van der Waals surface area contributed by atoms with Gasteiger partial charge in [0, 0.05) is 18.7 Å². The van der Waals surface area contributed by atoms with E-state index in [0.717, 1.165) is 30.0 Å². The van der Waals surface area contributed by atoms with Gasteiger partial charge in [0.15, 0.2) is 0 Å². The number of amides is 1. The van der Waals surface area contributed by atoms with Crippen molar-refractivity contribution in [2.24, 2.45) is 0 Å². The van der Waals surface area contributed by atoms with Gasteiger partial charge in [-0.3, -0.25) is 4.79 Å². The van der Waals surface area contributed by atoms with Crippen molar-refractivity contribution in [3.8, 4) is 0 Å². The molecule has 0 aromatic heterocycles. The van der Waals surface area contributed by atoms with Gasteiger partial charge in [-0.15, -0.1) is 0 Å². The maximum absolute atomic E-state index is 11.8. The van der Waals surface area contributed by atoms with Gasteiger partial charge >= 0.3 is 0 Å². The van der Waals surface area contributed by atoms with Crippen LogP contribution in [0.3, 0.4) is 0 Å². The number of carbonyl (C=O) groups excluding carboxylic acids is 1. The smallest absolute Gasteiger partial charge is 0.224 e. The van der Waals surface area contributed by atoms with Crippen LogP contribution in [0.1, 0.15) is 18.4 Å². The minimum Gasteiger partial charge on any atom is -0.340 e. The van der Waals surface area contributed by atoms with Gasteiger partial charge in [0.05, 0.1) is 11.4 Å². The number of benzene rings is 2. The van der Waals surface area contributed by atoms with Crippen molar-refractivity contribution in [3.05, 3.63) is 54.1 Å². The lowest BCUT2D eigenvalue weighted by molar-refractivity contribution is -0.116. The summed E-state index contributed by atoms with van der Waals surface area (Å²) in [5.74, 6) is 0.0998. The minimum atomic E-state index is 0.0998. The molecular weight excluding hydrogens is 248 g/mol. The number of fused-ring (bicyclic) bond motifs is 1. The number of anilines is 3. The number of para-hydroxylation sites is 1. The highest BCUT2D eigenvalue weighted by Crippen LogP contribution is 2.34. The van der Waals surface area contributed by atoms with Crippen LogP contribution in [-0.4, -0.2) is 12.5 Å². The fraction of sp³-hybridized carbons (Fsp3) is 0.235. The third kappa shape index (κ3) is 2.52. The lowest BCUT2D eigenvalue weighted by Crippen LogP contribution is -2.25. The number of carbonyl (C=O) groups is 1. The molecule has 0 fully saturated rings. The standard InChI is InChI=1S/C17H18N2O/c1-13-9-10-15-16(12-13)19(11-5-8-17(20)18-15)14-6-3-2-4-7-14/h2-4,6-7,9-10,12H,5,8,11H2,1H3,(H,18,20). The Balaban J connectivity index is 2.09. The summed E-state index contributed by atoms with van der Waals surface area (Å²) in [6, 6.07) is 16.5. The van der Waals surface area contributed by atoms with Crippen LogP contribution in [0.5, 0.6) is 0 Å². The number of rotatable bonds is 1. The van der Waals surface area contributed by atoms with Gasteiger partial charge < -0.3 is 10.2 Å². The molecule has 0 atom stereocenters. The molecule has 3 nitrogen and oxygen atoms in total. The first-order chi connectivity index (χ1) is 9.74. The average molecular weight is 266 g/mol. The Bertz CT molecular complexity index is 622. The molecule has 1 amide bonds. The molecule has 1 aliphatic heterocycles. The van der Waals surface area contributed by atoms with Gasteiger partial charge in [-0.25, -0.2) is 0 Å². The summed E-state index contributed by atoms with van der Waals surface area (Å²) in [6.45, 7) is 2.93. The second kappa shape index (κ2) is 5.37. The first-order valence-electron chi connectivity index (χ1n) is 6.97. The summed E-state index contributed by atoms with van der Waals surface area (Å²) < 4.78 is 0. The molecule has 0 saturated heterocycles. The van der Waals surface area contributed by atoms with Crippen LogP contribution in [-0.2, 0) is 4.79 Å². The van der Waals surface area contributed by atoms with E-state index in [2.05, 4.69) is 35.3 Å². The SMILES string of the molecule is Cc1ccc2c(c1)N(c1ccccc1)CCCC(=O)N2. The molecule has 1 aliphatic rings. The number of nitrogens with one attached hydrogen (secondary N) is 1. The Labute approximate surface area is 119 Å². The minimum absolute atomic E-state index is 0.0998. The highest BCUT2D eigenvalue weighted by atomic mass is 16.1. The Morgan fingerprint density at radius 2 is 1.90 bits per heavy atom. The maximum Gasteiger partial charge on any atom is 0.224 e. The van der Waals surface area contributed by atoms with E-state index in [1.807, 2.05) is 30.3 Å². The van der Waals surface area contributed by atoms with E-state index in [4.69, 9.17) is 0 Å². The second-order valence-electron chi connectivity index (χ2n) is 5.16. The summed E-state index contributed by atoms with van der Waals surface area (Å²) in [4.78, 5) is 14.1. The van der Waals surface area contributed by atoms with E-state index in [-0.39, 0.29) is 5.91 Å². The van der Waals surface area contributed by atoms with E-state index in [1.165, 1.54) is 5.56 Å². The highest BCUT2D eigenvalue weighted by Gasteiger charge is 2.18. The number of aryl methyl sites for hydroxylation is 1. The van der Waals surface area contributed by atoms with E-state index >= 15 is 0 Å². The zero-order chi connectivity index (χ0) is 13.9. The molecule has 0 saturated carbocycles. The Hall–Kier alpha value is -2.29. The highest BCUT2D eigenvalue weighted by molar-refractivity contribution is 5.96. The van der Waals surface area contributed by atoms with Crippen molar-refractivity contribution in [1.29, 1.82) is 0 Å². The molecule has 1 heterocycles. The van der Waals surface area contributed by atoms with Crippen molar-refractivity contribution in [2.75, 3.05) is 16.8 Å². The summed E-state index contributed by atoms with van der Waals surface area (Å²) >= 11 is 0. The second-order valence-corrected chi connectivity index (χ2v) is 5.16. The number of hydrogen-bond acceptors (Lipinski definition) is 2. The van der Waals surface area contributed by atoms with E-state index in [0.29, 0.717) is 6.42 Å². The molecule has 20 heavy (non-hydrogen) atoms. The Morgan fingerprint density at radius 3 is 2.70 bits per heavy atom. The van der Waals surface area contributed by atoms with E-state index < -0.39 is 0 Å².